The summed E-state index contributed by atoms with van der Waals surface area (Å²) < 4.78 is 0. The predicted molar refractivity (Wildman–Crippen MR) is 86.4 cm³/mol. The number of aromatic nitrogens is 2. The summed E-state index contributed by atoms with van der Waals surface area (Å²) in [5.74, 6) is 0.833. The van der Waals surface area contributed by atoms with Gasteiger partial charge < -0.3 is 10.4 Å². The first kappa shape index (κ1) is 15.9. The number of benzene rings is 1. The molecule has 2 N–H and O–H groups in total. The number of rotatable bonds is 7. The van der Waals surface area contributed by atoms with Crippen molar-refractivity contribution in [1.82, 2.24) is 15.3 Å². The molecular formula is C16H21N3OS. The predicted octanol–water partition coefficient (Wildman–Crippen LogP) is 2.37. The fourth-order valence-electron chi connectivity index (χ4n) is 2.19. The second-order valence-corrected chi connectivity index (χ2v) is 6.06. The number of hydrogen-bond donors (Lipinski definition) is 2. The Bertz CT molecular complexity index is 541. The first-order valence-corrected chi connectivity index (χ1v) is 7.95. The molecular weight excluding hydrogens is 282 g/mol. The number of aryl methyl sites for hydroxylation is 1. The van der Waals surface area contributed by atoms with Crippen molar-refractivity contribution in [1.29, 1.82) is 0 Å². The van der Waals surface area contributed by atoms with Crippen LogP contribution < -0.4 is 5.32 Å². The van der Waals surface area contributed by atoms with E-state index in [2.05, 4.69) is 15.3 Å². The zero-order chi connectivity index (χ0) is 15.1. The molecule has 0 bridgehead atoms. The zero-order valence-electron chi connectivity index (χ0n) is 12.4. The van der Waals surface area contributed by atoms with E-state index in [0.29, 0.717) is 0 Å². The Labute approximate surface area is 130 Å². The molecule has 1 atom stereocenters. The number of likely N-dealkylation sites (N-methyl/N-ethyl adjacent to an activating group) is 1. The summed E-state index contributed by atoms with van der Waals surface area (Å²) in [6, 6.07) is 10.1. The Balaban J connectivity index is 2.02. The van der Waals surface area contributed by atoms with Crippen LogP contribution in [0.4, 0.5) is 0 Å². The van der Waals surface area contributed by atoms with E-state index in [1.54, 1.807) is 11.8 Å². The molecule has 1 unspecified atom stereocenters. The summed E-state index contributed by atoms with van der Waals surface area (Å²) in [5.41, 5.74) is 1.74. The van der Waals surface area contributed by atoms with Crippen molar-refractivity contribution >= 4 is 11.8 Å². The average molecular weight is 303 g/mol. The van der Waals surface area contributed by atoms with E-state index in [9.17, 15) is 5.11 Å². The highest BCUT2D eigenvalue weighted by Crippen LogP contribution is 2.27. The largest absolute Gasteiger partial charge is 0.394 e. The number of nitrogens with zero attached hydrogens (tertiary/aromatic N) is 2. The van der Waals surface area contributed by atoms with Gasteiger partial charge >= 0.3 is 0 Å². The van der Waals surface area contributed by atoms with Crippen molar-refractivity contribution in [3.05, 3.63) is 53.9 Å². The summed E-state index contributed by atoms with van der Waals surface area (Å²) in [5, 5.41) is 13.9. The normalized spacial score (nSPS) is 13.9. The maximum absolute atomic E-state index is 9.86. The van der Waals surface area contributed by atoms with Crippen molar-refractivity contribution < 1.29 is 5.11 Å². The van der Waals surface area contributed by atoms with E-state index in [0.717, 1.165) is 28.5 Å². The molecule has 5 heteroatoms. The van der Waals surface area contributed by atoms with Gasteiger partial charge in [-0.05, 0) is 31.5 Å². The lowest BCUT2D eigenvalue weighted by Gasteiger charge is -2.32. The average Bonchev–Trinajstić information content (AvgIpc) is 2.55. The van der Waals surface area contributed by atoms with E-state index in [-0.39, 0.29) is 6.61 Å². The molecule has 0 saturated carbocycles. The van der Waals surface area contributed by atoms with Gasteiger partial charge in [-0.2, -0.15) is 0 Å². The quantitative estimate of drug-likeness (QED) is 0.607. The maximum atomic E-state index is 9.86. The Morgan fingerprint density at radius 3 is 2.43 bits per heavy atom. The minimum Gasteiger partial charge on any atom is -0.394 e. The standard InChI is InChI=1S/C16H21N3OS/c1-13-10-18-15(19-11-13)21-9-8-16(12-20,17-2)14-6-4-3-5-7-14/h3-7,10-11,17,20H,8-9,12H2,1-2H3. The van der Waals surface area contributed by atoms with E-state index >= 15 is 0 Å². The maximum Gasteiger partial charge on any atom is 0.187 e. The summed E-state index contributed by atoms with van der Waals surface area (Å²) in [6.45, 7) is 2.03. The molecule has 0 aliphatic carbocycles. The summed E-state index contributed by atoms with van der Waals surface area (Å²) in [7, 11) is 1.89. The van der Waals surface area contributed by atoms with Crippen molar-refractivity contribution in [3.8, 4) is 0 Å². The van der Waals surface area contributed by atoms with Crippen molar-refractivity contribution in [3.63, 3.8) is 0 Å². The molecule has 0 fully saturated rings. The fourth-order valence-corrected chi connectivity index (χ4v) is 3.08. The zero-order valence-corrected chi connectivity index (χ0v) is 13.2. The van der Waals surface area contributed by atoms with Crippen LogP contribution in [0, 0.1) is 6.92 Å². The van der Waals surface area contributed by atoms with Gasteiger partial charge in [0.1, 0.15) is 0 Å². The van der Waals surface area contributed by atoms with Gasteiger partial charge in [0.2, 0.25) is 0 Å². The Kier molecular flexibility index (Phi) is 5.73. The molecule has 0 aliphatic rings. The van der Waals surface area contributed by atoms with Crippen LogP contribution in [0.5, 0.6) is 0 Å². The molecule has 0 spiro atoms. The first-order chi connectivity index (χ1) is 10.2. The van der Waals surface area contributed by atoms with Crippen molar-refractivity contribution in [2.75, 3.05) is 19.4 Å². The van der Waals surface area contributed by atoms with Gasteiger partial charge in [-0.15, -0.1) is 0 Å². The third-order valence-corrected chi connectivity index (χ3v) is 4.47. The van der Waals surface area contributed by atoms with Crippen LogP contribution in [0.2, 0.25) is 0 Å². The van der Waals surface area contributed by atoms with Gasteiger partial charge in [-0.1, -0.05) is 42.1 Å². The molecule has 0 radical (unpaired) electrons. The lowest BCUT2D eigenvalue weighted by atomic mass is 9.88. The van der Waals surface area contributed by atoms with E-state index in [1.165, 1.54) is 0 Å². The lowest BCUT2D eigenvalue weighted by molar-refractivity contribution is 0.165. The van der Waals surface area contributed by atoms with Crippen molar-refractivity contribution in [2.45, 2.75) is 24.0 Å². The molecule has 1 heterocycles. The van der Waals surface area contributed by atoms with E-state index < -0.39 is 5.54 Å². The number of aliphatic hydroxyl groups excluding tert-OH is 1. The number of hydrogen-bond acceptors (Lipinski definition) is 5. The van der Waals surface area contributed by atoms with Crippen LogP contribution >= 0.6 is 11.8 Å². The van der Waals surface area contributed by atoms with E-state index in [4.69, 9.17) is 0 Å². The van der Waals surface area contributed by atoms with Crippen LogP contribution in [-0.2, 0) is 5.54 Å². The van der Waals surface area contributed by atoms with Crippen molar-refractivity contribution in [2.24, 2.45) is 0 Å². The molecule has 0 aliphatic heterocycles. The molecule has 21 heavy (non-hydrogen) atoms. The Hall–Kier alpha value is -1.43. The highest BCUT2D eigenvalue weighted by molar-refractivity contribution is 7.99. The van der Waals surface area contributed by atoms with Gasteiger partial charge in [0.25, 0.3) is 0 Å². The third-order valence-electron chi connectivity index (χ3n) is 3.59. The number of aliphatic hydroxyl groups is 1. The second kappa shape index (κ2) is 7.54. The van der Waals surface area contributed by atoms with Gasteiger partial charge in [0.05, 0.1) is 12.1 Å². The molecule has 0 saturated heterocycles. The topological polar surface area (TPSA) is 58.0 Å². The molecule has 2 rings (SSSR count). The molecule has 1 aromatic carbocycles. The third kappa shape index (κ3) is 4.03. The van der Waals surface area contributed by atoms with Gasteiger partial charge in [-0.3, -0.25) is 0 Å². The molecule has 2 aromatic rings. The van der Waals surface area contributed by atoms with Gasteiger partial charge in [-0.25, -0.2) is 9.97 Å². The monoisotopic (exact) mass is 303 g/mol. The molecule has 4 nitrogen and oxygen atoms in total. The second-order valence-electron chi connectivity index (χ2n) is 5.00. The highest BCUT2D eigenvalue weighted by Gasteiger charge is 2.29. The number of thioether (sulfide) groups is 1. The SMILES string of the molecule is CNC(CO)(CCSc1ncc(C)cn1)c1ccccc1. The fraction of sp³-hybridized carbons (Fsp3) is 0.375. The van der Waals surface area contributed by atoms with Crippen LogP contribution in [0.1, 0.15) is 17.5 Å². The van der Waals surface area contributed by atoms with E-state index in [1.807, 2.05) is 56.7 Å². The first-order valence-electron chi connectivity index (χ1n) is 6.97. The van der Waals surface area contributed by atoms with Crippen LogP contribution in [0.3, 0.4) is 0 Å². The lowest BCUT2D eigenvalue weighted by Crippen LogP contribution is -2.44. The number of nitrogens with one attached hydrogen (secondary N) is 1. The summed E-state index contributed by atoms with van der Waals surface area (Å²) in [6.07, 6.45) is 4.44. The van der Waals surface area contributed by atoms with Crippen LogP contribution in [0.15, 0.2) is 47.9 Å². The van der Waals surface area contributed by atoms with Gasteiger partial charge in [0, 0.05) is 18.1 Å². The summed E-state index contributed by atoms with van der Waals surface area (Å²) in [4.78, 5) is 8.58. The van der Waals surface area contributed by atoms with Crippen LogP contribution in [-0.4, -0.2) is 34.5 Å². The van der Waals surface area contributed by atoms with Crippen LogP contribution in [0.25, 0.3) is 0 Å². The summed E-state index contributed by atoms with van der Waals surface area (Å²) >= 11 is 1.61. The molecule has 0 amide bonds. The Morgan fingerprint density at radius 1 is 1.19 bits per heavy atom. The molecule has 1 aromatic heterocycles. The smallest absolute Gasteiger partial charge is 0.187 e. The highest BCUT2D eigenvalue weighted by atomic mass is 32.2. The van der Waals surface area contributed by atoms with Gasteiger partial charge in [0.15, 0.2) is 5.16 Å². The minimum atomic E-state index is -0.418. The molecule has 112 valence electrons. The Morgan fingerprint density at radius 2 is 1.86 bits per heavy atom. The minimum absolute atomic E-state index is 0.0584.